The second-order valence-electron chi connectivity index (χ2n) is 6.28. The molecule has 130 valence electrons. The number of amides is 1. The molecule has 0 aromatic heterocycles. The molecule has 2 aromatic carbocycles. The van der Waals surface area contributed by atoms with Crippen LogP contribution in [0.3, 0.4) is 0 Å². The van der Waals surface area contributed by atoms with Crippen molar-refractivity contribution < 1.29 is 14.3 Å². The van der Waals surface area contributed by atoms with Gasteiger partial charge in [0.05, 0.1) is 13.2 Å². The van der Waals surface area contributed by atoms with Gasteiger partial charge in [-0.3, -0.25) is 4.79 Å². The molecule has 4 heteroatoms. The zero-order valence-corrected chi connectivity index (χ0v) is 14.9. The third kappa shape index (κ3) is 3.85. The van der Waals surface area contributed by atoms with Crippen molar-refractivity contribution in [3.63, 3.8) is 0 Å². The van der Waals surface area contributed by atoms with E-state index >= 15 is 0 Å². The standard InChI is InChI=1S/C21H23NO3/c1-15(2)25-19-10-8-16(14-20(19)24-3)9-11-21(23)22-13-12-17-6-4-5-7-18(17)22/h4-11,14-15H,12-13H2,1-3H3. The second-order valence-corrected chi connectivity index (χ2v) is 6.28. The highest BCUT2D eigenvalue weighted by Crippen LogP contribution is 2.30. The molecule has 0 N–H and O–H groups in total. The van der Waals surface area contributed by atoms with Gasteiger partial charge in [0.15, 0.2) is 11.5 Å². The maximum atomic E-state index is 12.5. The number of carbonyl (C=O) groups is 1. The van der Waals surface area contributed by atoms with Gasteiger partial charge in [-0.2, -0.15) is 0 Å². The maximum Gasteiger partial charge on any atom is 0.251 e. The fourth-order valence-electron chi connectivity index (χ4n) is 2.96. The normalized spacial score (nSPS) is 13.4. The summed E-state index contributed by atoms with van der Waals surface area (Å²) in [7, 11) is 1.61. The summed E-state index contributed by atoms with van der Waals surface area (Å²) < 4.78 is 11.1. The highest BCUT2D eigenvalue weighted by molar-refractivity contribution is 6.05. The predicted octanol–water partition coefficient (Wildman–Crippen LogP) is 4.08. The number of para-hydroxylation sites is 1. The van der Waals surface area contributed by atoms with Gasteiger partial charge in [0.2, 0.25) is 0 Å². The van der Waals surface area contributed by atoms with Crippen molar-refractivity contribution >= 4 is 17.7 Å². The summed E-state index contributed by atoms with van der Waals surface area (Å²) in [6.07, 6.45) is 4.40. The van der Waals surface area contributed by atoms with Gasteiger partial charge in [0.25, 0.3) is 5.91 Å². The highest BCUT2D eigenvalue weighted by atomic mass is 16.5. The van der Waals surface area contributed by atoms with E-state index in [0.717, 1.165) is 24.2 Å². The number of methoxy groups -OCH3 is 1. The van der Waals surface area contributed by atoms with Crippen molar-refractivity contribution in [2.45, 2.75) is 26.4 Å². The van der Waals surface area contributed by atoms with Crippen LogP contribution >= 0.6 is 0 Å². The first-order chi connectivity index (χ1) is 12.1. The smallest absolute Gasteiger partial charge is 0.251 e. The minimum absolute atomic E-state index is 0.00794. The van der Waals surface area contributed by atoms with Crippen LogP contribution in [0.15, 0.2) is 48.5 Å². The first-order valence-corrected chi connectivity index (χ1v) is 8.50. The van der Waals surface area contributed by atoms with E-state index < -0.39 is 0 Å². The van der Waals surface area contributed by atoms with E-state index in [2.05, 4.69) is 6.07 Å². The molecule has 4 nitrogen and oxygen atoms in total. The van der Waals surface area contributed by atoms with Crippen LogP contribution in [-0.2, 0) is 11.2 Å². The molecule has 0 radical (unpaired) electrons. The number of rotatable bonds is 5. The maximum absolute atomic E-state index is 12.5. The van der Waals surface area contributed by atoms with E-state index in [4.69, 9.17) is 9.47 Å². The number of carbonyl (C=O) groups excluding carboxylic acids is 1. The fraction of sp³-hybridized carbons (Fsp3) is 0.286. The number of ether oxygens (including phenoxy) is 2. The molecule has 0 saturated carbocycles. The Bertz CT molecular complexity index is 795. The summed E-state index contributed by atoms with van der Waals surface area (Å²) in [5.41, 5.74) is 3.13. The zero-order chi connectivity index (χ0) is 17.8. The molecule has 1 amide bonds. The Morgan fingerprint density at radius 1 is 1.16 bits per heavy atom. The predicted molar refractivity (Wildman–Crippen MR) is 100 cm³/mol. The molecule has 0 aliphatic carbocycles. The molecule has 2 aromatic rings. The van der Waals surface area contributed by atoms with Crippen LogP contribution in [0.5, 0.6) is 11.5 Å². The van der Waals surface area contributed by atoms with Crippen molar-refractivity contribution in [3.05, 3.63) is 59.7 Å². The number of fused-ring (bicyclic) bond motifs is 1. The Labute approximate surface area is 148 Å². The molecular weight excluding hydrogens is 314 g/mol. The van der Waals surface area contributed by atoms with Crippen LogP contribution in [-0.4, -0.2) is 25.7 Å². The molecule has 1 heterocycles. The summed E-state index contributed by atoms with van der Waals surface area (Å²) in [6.45, 7) is 4.67. The first kappa shape index (κ1) is 17.1. The van der Waals surface area contributed by atoms with Gasteiger partial charge in [-0.15, -0.1) is 0 Å². The number of anilines is 1. The largest absolute Gasteiger partial charge is 0.493 e. The van der Waals surface area contributed by atoms with Crippen molar-refractivity contribution in [2.75, 3.05) is 18.6 Å². The van der Waals surface area contributed by atoms with Gasteiger partial charge >= 0.3 is 0 Å². The number of nitrogens with zero attached hydrogens (tertiary/aromatic N) is 1. The number of hydrogen-bond acceptors (Lipinski definition) is 3. The molecule has 0 spiro atoms. The number of hydrogen-bond donors (Lipinski definition) is 0. The minimum Gasteiger partial charge on any atom is -0.493 e. The minimum atomic E-state index is -0.00794. The average molecular weight is 337 g/mol. The fourth-order valence-corrected chi connectivity index (χ4v) is 2.96. The Morgan fingerprint density at radius 3 is 2.72 bits per heavy atom. The molecule has 3 rings (SSSR count). The lowest BCUT2D eigenvalue weighted by Crippen LogP contribution is -2.26. The molecule has 1 aliphatic rings. The van der Waals surface area contributed by atoms with Crippen molar-refractivity contribution in [2.24, 2.45) is 0 Å². The zero-order valence-electron chi connectivity index (χ0n) is 14.9. The molecule has 0 saturated heterocycles. The van der Waals surface area contributed by atoms with E-state index in [1.54, 1.807) is 13.2 Å². The molecule has 25 heavy (non-hydrogen) atoms. The number of benzene rings is 2. The molecular formula is C21H23NO3. The van der Waals surface area contributed by atoms with Gasteiger partial charge in [0, 0.05) is 18.3 Å². The lowest BCUT2D eigenvalue weighted by Gasteiger charge is -2.15. The summed E-state index contributed by atoms with van der Waals surface area (Å²) in [5, 5.41) is 0. The van der Waals surface area contributed by atoms with Crippen LogP contribution < -0.4 is 14.4 Å². The van der Waals surface area contributed by atoms with E-state index in [9.17, 15) is 4.79 Å². The third-order valence-corrected chi connectivity index (χ3v) is 4.12. The Hall–Kier alpha value is -2.75. The van der Waals surface area contributed by atoms with Crippen LogP contribution in [0, 0.1) is 0 Å². The molecule has 0 fully saturated rings. The van der Waals surface area contributed by atoms with Crippen molar-refractivity contribution in [3.8, 4) is 11.5 Å². The second kappa shape index (κ2) is 7.43. The van der Waals surface area contributed by atoms with Crippen LogP contribution in [0.1, 0.15) is 25.0 Å². The molecule has 1 aliphatic heterocycles. The third-order valence-electron chi connectivity index (χ3n) is 4.12. The van der Waals surface area contributed by atoms with Crippen molar-refractivity contribution in [1.29, 1.82) is 0 Å². The molecule has 0 unspecified atom stereocenters. The van der Waals surface area contributed by atoms with Gasteiger partial charge in [-0.05, 0) is 55.7 Å². The lowest BCUT2D eigenvalue weighted by atomic mass is 10.1. The monoisotopic (exact) mass is 337 g/mol. The lowest BCUT2D eigenvalue weighted by molar-refractivity contribution is -0.114. The highest BCUT2D eigenvalue weighted by Gasteiger charge is 2.22. The van der Waals surface area contributed by atoms with Gasteiger partial charge in [-0.1, -0.05) is 24.3 Å². The molecule has 0 bridgehead atoms. The van der Waals surface area contributed by atoms with Gasteiger partial charge in [-0.25, -0.2) is 0 Å². The Balaban J connectivity index is 1.75. The van der Waals surface area contributed by atoms with Crippen molar-refractivity contribution in [1.82, 2.24) is 0 Å². The summed E-state index contributed by atoms with van der Waals surface area (Å²) in [5.74, 6) is 1.36. The summed E-state index contributed by atoms with van der Waals surface area (Å²) in [6, 6.07) is 13.7. The van der Waals surface area contributed by atoms with E-state index in [0.29, 0.717) is 11.5 Å². The van der Waals surface area contributed by atoms with Crippen LogP contribution in [0.2, 0.25) is 0 Å². The Morgan fingerprint density at radius 2 is 1.96 bits per heavy atom. The van der Waals surface area contributed by atoms with Crippen LogP contribution in [0.25, 0.3) is 6.08 Å². The van der Waals surface area contributed by atoms with Crippen LogP contribution in [0.4, 0.5) is 5.69 Å². The van der Waals surface area contributed by atoms with E-state index in [1.165, 1.54) is 5.56 Å². The summed E-state index contributed by atoms with van der Waals surface area (Å²) >= 11 is 0. The topological polar surface area (TPSA) is 38.8 Å². The van der Waals surface area contributed by atoms with E-state index in [-0.39, 0.29) is 12.0 Å². The first-order valence-electron chi connectivity index (χ1n) is 8.50. The summed E-state index contributed by atoms with van der Waals surface area (Å²) in [4.78, 5) is 14.4. The Kier molecular flexibility index (Phi) is 5.08. The van der Waals surface area contributed by atoms with E-state index in [1.807, 2.05) is 61.2 Å². The average Bonchev–Trinajstić information content (AvgIpc) is 3.04. The quantitative estimate of drug-likeness (QED) is 0.772. The molecule has 0 atom stereocenters. The van der Waals surface area contributed by atoms with Gasteiger partial charge < -0.3 is 14.4 Å². The van der Waals surface area contributed by atoms with Gasteiger partial charge in [0.1, 0.15) is 0 Å². The SMILES string of the molecule is COc1cc(C=CC(=O)N2CCc3ccccc32)ccc1OC(C)C.